The van der Waals surface area contributed by atoms with E-state index >= 15 is 0 Å². The van der Waals surface area contributed by atoms with Crippen molar-refractivity contribution < 1.29 is 14.5 Å². The quantitative estimate of drug-likeness (QED) is 0.670. The van der Waals surface area contributed by atoms with Crippen LogP contribution in [-0.4, -0.2) is 22.9 Å². The van der Waals surface area contributed by atoms with Gasteiger partial charge >= 0.3 is 0 Å². The van der Waals surface area contributed by atoms with E-state index in [1.165, 1.54) is 13.2 Å². The summed E-state index contributed by atoms with van der Waals surface area (Å²) in [5, 5.41) is 11.4. The van der Waals surface area contributed by atoms with Gasteiger partial charge in [-0.3, -0.25) is 19.9 Å². The molecule has 7 nitrogen and oxygen atoms in total. The Morgan fingerprint density at radius 1 is 1.33 bits per heavy atom. The summed E-state index contributed by atoms with van der Waals surface area (Å²) in [7, 11) is 1.45. The second-order valence-corrected chi connectivity index (χ2v) is 5.87. The van der Waals surface area contributed by atoms with Gasteiger partial charge in [-0.15, -0.1) is 0 Å². The lowest BCUT2D eigenvalue weighted by molar-refractivity contribution is -0.384. The number of nitrogens with two attached hydrogens (primary N) is 1. The number of hydrogen-bond donors (Lipinski definition) is 1. The molecular formula is C17H17N3O4. The van der Waals surface area contributed by atoms with Crippen LogP contribution in [0, 0.1) is 10.1 Å². The molecule has 24 heavy (non-hydrogen) atoms. The van der Waals surface area contributed by atoms with E-state index in [-0.39, 0.29) is 5.69 Å². The Hall–Kier alpha value is -2.96. The number of aromatic nitrogens is 1. The van der Waals surface area contributed by atoms with E-state index in [4.69, 9.17) is 10.5 Å². The molecule has 0 radical (unpaired) electrons. The third-order valence-corrected chi connectivity index (χ3v) is 4.64. The number of rotatable bonds is 5. The summed E-state index contributed by atoms with van der Waals surface area (Å²) in [5.74, 6) is 0.00922. The van der Waals surface area contributed by atoms with Crippen molar-refractivity contribution in [3.8, 4) is 16.9 Å². The summed E-state index contributed by atoms with van der Waals surface area (Å²) < 4.78 is 5.05. The lowest BCUT2D eigenvalue weighted by Crippen LogP contribution is -2.47. The highest BCUT2D eigenvalue weighted by Crippen LogP contribution is 2.44. The summed E-state index contributed by atoms with van der Waals surface area (Å²) in [4.78, 5) is 27.1. The van der Waals surface area contributed by atoms with Crippen LogP contribution in [0.4, 0.5) is 5.69 Å². The Balaban J connectivity index is 2.10. The van der Waals surface area contributed by atoms with Crippen molar-refractivity contribution in [2.45, 2.75) is 24.7 Å². The molecule has 0 aliphatic heterocycles. The van der Waals surface area contributed by atoms with Crippen LogP contribution in [0.1, 0.15) is 25.0 Å². The average Bonchev–Trinajstić information content (AvgIpc) is 2.53. The van der Waals surface area contributed by atoms with Crippen LogP contribution >= 0.6 is 0 Å². The molecule has 1 aliphatic carbocycles. The molecule has 3 rings (SSSR count). The van der Waals surface area contributed by atoms with E-state index in [1.807, 2.05) is 0 Å². The first kappa shape index (κ1) is 15.9. The minimum Gasteiger partial charge on any atom is -0.497 e. The fourth-order valence-electron chi connectivity index (χ4n) is 3.05. The zero-order chi connectivity index (χ0) is 17.3. The fraction of sp³-hybridized carbons (Fsp3) is 0.294. The van der Waals surface area contributed by atoms with E-state index in [0.29, 0.717) is 35.4 Å². The zero-order valence-corrected chi connectivity index (χ0v) is 13.2. The standard InChI is InChI=1S/C17H17N3O4/c1-24-12-3-4-13(14(10-12)20(22)23)11-5-8-19-15(9-11)17(16(18)21)6-2-7-17/h3-5,8-10H,2,6-7H2,1H3,(H2,18,21). The molecule has 0 unspecified atom stereocenters. The number of benzene rings is 1. The van der Waals surface area contributed by atoms with Gasteiger partial charge in [0, 0.05) is 6.20 Å². The van der Waals surface area contributed by atoms with E-state index in [1.54, 1.807) is 30.5 Å². The first-order chi connectivity index (χ1) is 11.5. The van der Waals surface area contributed by atoms with E-state index in [9.17, 15) is 14.9 Å². The van der Waals surface area contributed by atoms with Crippen molar-refractivity contribution in [2.75, 3.05) is 7.11 Å². The van der Waals surface area contributed by atoms with Crippen LogP contribution in [0.2, 0.25) is 0 Å². The van der Waals surface area contributed by atoms with Crippen LogP contribution in [0.15, 0.2) is 36.5 Å². The van der Waals surface area contributed by atoms with E-state index < -0.39 is 16.2 Å². The first-order valence-corrected chi connectivity index (χ1v) is 7.57. The lowest BCUT2D eigenvalue weighted by atomic mass is 9.65. The summed E-state index contributed by atoms with van der Waals surface area (Å²) in [6.45, 7) is 0. The molecule has 0 bridgehead atoms. The van der Waals surface area contributed by atoms with Crippen LogP contribution in [0.3, 0.4) is 0 Å². The maximum Gasteiger partial charge on any atom is 0.280 e. The Labute approximate surface area is 138 Å². The molecule has 1 amide bonds. The maximum absolute atomic E-state index is 11.9. The first-order valence-electron chi connectivity index (χ1n) is 7.57. The van der Waals surface area contributed by atoms with Crippen molar-refractivity contribution in [3.63, 3.8) is 0 Å². The number of carbonyl (C=O) groups excluding carboxylic acids is 1. The molecule has 0 spiro atoms. The van der Waals surface area contributed by atoms with Crippen molar-refractivity contribution in [3.05, 3.63) is 52.3 Å². The van der Waals surface area contributed by atoms with Crippen LogP contribution in [0.5, 0.6) is 5.75 Å². The average molecular weight is 327 g/mol. The smallest absolute Gasteiger partial charge is 0.280 e. The Kier molecular flexibility index (Phi) is 3.92. The molecule has 2 aromatic rings. The molecule has 1 aliphatic rings. The second-order valence-electron chi connectivity index (χ2n) is 5.87. The lowest BCUT2D eigenvalue weighted by Gasteiger charge is -2.38. The summed E-state index contributed by atoms with van der Waals surface area (Å²) in [5.41, 5.74) is 6.40. The second kappa shape index (κ2) is 5.92. The minimum atomic E-state index is -0.753. The van der Waals surface area contributed by atoms with Gasteiger partial charge in [0.1, 0.15) is 5.75 Å². The number of pyridine rings is 1. The number of ether oxygens (including phenoxy) is 1. The van der Waals surface area contributed by atoms with Gasteiger partial charge in [-0.2, -0.15) is 0 Å². The molecule has 0 saturated heterocycles. The Bertz CT molecular complexity index is 815. The summed E-state index contributed by atoms with van der Waals surface area (Å²) >= 11 is 0. The molecule has 1 heterocycles. The molecule has 1 aromatic carbocycles. The third-order valence-electron chi connectivity index (χ3n) is 4.64. The number of methoxy groups -OCH3 is 1. The van der Waals surface area contributed by atoms with Gasteiger partial charge in [0.25, 0.3) is 5.69 Å². The monoisotopic (exact) mass is 327 g/mol. The van der Waals surface area contributed by atoms with Crippen molar-refractivity contribution in [1.29, 1.82) is 0 Å². The number of nitro groups is 1. The zero-order valence-electron chi connectivity index (χ0n) is 13.2. The van der Waals surface area contributed by atoms with E-state index in [2.05, 4.69) is 4.98 Å². The Morgan fingerprint density at radius 2 is 2.08 bits per heavy atom. The molecule has 7 heteroatoms. The molecule has 124 valence electrons. The minimum absolute atomic E-state index is 0.0618. The SMILES string of the molecule is COc1ccc(-c2ccnc(C3(C(N)=O)CCC3)c2)c([N+](=O)[O-])c1. The highest BCUT2D eigenvalue weighted by atomic mass is 16.6. The topological polar surface area (TPSA) is 108 Å². The fourth-order valence-corrected chi connectivity index (χ4v) is 3.05. The molecular weight excluding hydrogens is 310 g/mol. The highest BCUT2D eigenvalue weighted by molar-refractivity contribution is 5.88. The number of nitro benzene ring substituents is 1. The maximum atomic E-state index is 11.9. The molecule has 2 N–H and O–H groups in total. The number of hydrogen-bond acceptors (Lipinski definition) is 5. The highest BCUT2D eigenvalue weighted by Gasteiger charge is 2.45. The molecule has 1 aromatic heterocycles. The van der Waals surface area contributed by atoms with Crippen molar-refractivity contribution in [1.82, 2.24) is 4.98 Å². The van der Waals surface area contributed by atoms with E-state index in [0.717, 1.165) is 6.42 Å². The van der Waals surface area contributed by atoms with Crippen LogP contribution < -0.4 is 10.5 Å². The number of amides is 1. The summed E-state index contributed by atoms with van der Waals surface area (Å²) in [6, 6.07) is 8.08. The predicted molar refractivity (Wildman–Crippen MR) is 87.6 cm³/mol. The van der Waals surface area contributed by atoms with Crippen LogP contribution in [0.25, 0.3) is 11.1 Å². The van der Waals surface area contributed by atoms with Crippen molar-refractivity contribution in [2.24, 2.45) is 5.73 Å². The van der Waals surface area contributed by atoms with Gasteiger partial charge in [-0.05, 0) is 42.7 Å². The summed E-state index contributed by atoms with van der Waals surface area (Å²) in [6.07, 6.45) is 3.78. The van der Waals surface area contributed by atoms with Gasteiger partial charge in [-0.25, -0.2) is 0 Å². The number of carbonyl (C=O) groups is 1. The Morgan fingerprint density at radius 3 is 2.62 bits per heavy atom. The third kappa shape index (κ3) is 2.47. The molecule has 0 atom stereocenters. The number of nitrogens with zero attached hydrogens (tertiary/aromatic N) is 2. The largest absolute Gasteiger partial charge is 0.497 e. The molecule has 1 fully saturated rings. The van der Waals surface area contributed by atoms with Gasteiger partial charge in [-0.1, -0.05) is 6.42 Å². The number of primary amides is 1. The van der Waals surface area contributed by atoms with Crippen molar-refractivity contribution >= 4 is 11.6 Å². The normalized spacial score (nSPS) is 15.4. The van der Waals surface area contributed by atoms with Gasteiger partial charge in [0.05, 0.1) is 34.8 Å². The molecule has 1 saturated carbocycles. The van der Waals surface area contributed by atoms with Gasteiger partial charge < -0.3 is 10.5 Å². The van der Waals surface area contributed by atoms with Crippen LogP contribution in [-0.2, 0) is 10.2 Å². The van der Waals surface area contributed by atoms with Gasteiger partial charge in [0.2, 0.25) is 5.91 Å². The predicted octanol–water partition coefficient (Wildman–Crippen LogP) is 2.57. The van der Waals surface area contributed by atoms with Gasteiger partial charge in [0.15, 0.2) is 0 Å².